The molecule has 0 heterocycles. The Morgan fingerprint density at radius 3 is 0.894 bits per heavy atom. The molecule has 0 unspecified atom stereocenters. The molecular weight excluding hydrogens is 867 g/mol. The van der Waals surface area contributed by atoms with Gasteiger partial charge >= 0.3 is 17.2 Å². The van der Waals surface area contributed by atoms with Crippen LogP contribution >= 0.6 is 17.2 Å². The highest BCUT2D eigenvalue weighted by atomic mass is 31.2. The smallest absolute Gasteiger partial charge is 0.497 e. The summed E-state index contributed by atoms with van der Waals surface area (Å²) in [4.78, 5) is 15.2. The van der Waals surface area contributed by atoms with Gasteiger partial charge in [0, 0.05) is 33.7 Å². The van der Waals surface area contributed by atoms with E-state index in [1.807, 2.05) is 170 Å². The van der Waals surface area contributed by atoms with Gasteiger partial charge in [0.25, 0.3) is 0 Å². The molecule has 0 amide bonds. The highest BCUT2D eigenvalue weighted by Gasteiger charge is 2.30. The fraction of sp³-hybridized carbons (Fsp3) is 0.0364. The largest absolute Gasteiger partial charge is 0.530 e. The topological polar surface area (TPSA) is 90.9 Å². The monoisotopic (exact) mass is 906 g/mol. The molecule has 0 fully saturated rings. The molecule has 0 saturated carbocycles. The lowest BCUT2D eigenvalue weighted by Crippen LogP contribution is -2.10. The molecule has 10 aromatic carbocycles. The molecule has 11 heteroatoms. The van der Waals surface area contributed by atoms with E-state index in [0.717, 1.165) is 43.1 Å². The predicted molar refractivity (Wildman–Crippen MR) is 263 cm³/mol. The molecule has 0 atom stereocenters. The number of ketones is 1. The Hall–Kier alpha value is -7.83. The van der Waals surface area contributed by atoms with Gasteiger partial charge in [0.05, 0.1) is 25.3 Å². The normalized spacial score (nSPS) is 11.2. The fourth-order valence-corrected chi connectivity index (χ4v) is 9.75. The zero-order valence-corrected chi connectivity index (χ0v) is 37.5. The quantitative estimate of drug-likeness (QED) is 0.0694. The Labute approximate surface area is 383 Å². The number of methoxy groups -OCH3 is 2. The number of benzene rings is 10. The highest BCUT2D eigenvalue weighted by Crippen LogP contribution is 2.50. The molecule has 66 heavy (non-hydrogen) atoms. The van der Waals surface area contributed by atoms with E-state index < -0.39 is 23.0 Å². The van der Waals surface area contributed by atoms with Crippen molar-refractivity contribution in [3.63, 3.8) is 0 Å². The summed E-state index contributed by atoms with van der Waals surface area (Å²) in [6.07, 6.45) is 0. The number of rotatable bonds is 16. The van der Waals surface area contributed by atoms with Gasteiger partial charge in [-0.1, -0.05) is 146 Å². The Kier molecular flexibility index (Phi) is 12.2. The van der Waals surface area contributed by atoms with Crippen LogP contribution in [0.3, 0.4) is 0 Å². The number of fused-ring (bicyclic) bond motifs is 4. The third-order valence-electron chi connectivity index (χ3n) is 10.9. The van der Waals surface area contributed by atoms with Crippen LogP contribution in [-0.4, -0.2) is 20.0 Å². The summed E-state index contributed by atoms with van der Waals surface area (Å²) in [5.41, 5.74) is 0.381. The van der Waals surface area contributed by atoms with E-state index in [9.17, 15) is 0 Å². The average molecular weight is 907 g/mol. The van der Waals surface area contributed by atoms with Gasteiger partial charge in [-0.2, -0.15) is 0 Å². The lowest BCUT2D eigenvalue weighted by Gasteiger charge is -2.22. The number of hydrogen-bond donors (Lipinski definition) is 0. The van der Waals surface area contributed by atoms with Crippen LogP contribution < -0.4 is 36.6 Å². The number of ether oxygens (including phenoxy) is 2. The first kappa shape index (κ1) is 42.1. The minimum Gasteiger partial charge on any atom is -0.497 e. The first-order chi connectivity index (χ1) is 32.5. The van der Waals surface area contributed by atoms with E-state index in [1.54, 1.807) is 50.6 Å². The van der Waals surface area contributed by atoms with Crippen molar-refractivity contribution in [3.8, 4) is 46.0 Å². The highest BCUT2D eigenvalue weighted by molar-refractivity contribution is 7.43. The Morgan fingerprint density at radius 1 is 0.318 bits per heavy atom. The van der Waals surface area contributed by atoms with Crippen molar-refractivity contribution >= 4 is 66.1 Å². The summed E-state index contributed by atoms with van der Waals surface area (Å²) < 4.78 is 51.5. The molecule has 9 nitrogen and oxygen atoms in total. The summed E-state index contributed by atoms with van der Waals surface area (Å²) in [6, 6.07) is 64.8. The fourth-order valence-electron chi connectivity index (χ4n) is 7.63. The van der Waals surface area contributed by atoms with Gasteiger partial charge in [0.2, 0.25) is 5.78 Å². The number of carbonyl (C=O) groups is 1. The first-order valence-corrected chi connectivity index (χ1v) is 23.2. The van der Waals surface area contributed by atoms with Gasteiger partial charge < -0.3 is 36.6 Å². The Balaban J connectivity index is 1.04. The van der Waals surface area contributed by atoms with E-state index in [2.05, 4.69) is 0 Å². The second-order valence-electron chi connectivity index (χ2n) is 15.0. The molecule has 324 valence electrons. The van der Waals surface area contributed by atoms with Crippen molar-refractivity contribution in [1.82, 2.24) is 0 Å². The van der Waals surface area contributed by atoms with Gasteiger partial charge in [-0.25, -0.2) is 0 Å². The van der Waals surface area contributed by atoms with Crippen molar-refractivity contribution in [3.05, 3.63) is 217 Å². The molecule has 0 aliphatic heterocycles. The zero-order chi connectivity index (χ0) is 44.8. The van der Waals surface area contributed by atoms with E-state index in [4.69, 9.17) is 36.6 Å². The van der Waals surface area contributed by atoms with Crippen LogP contribution in [0.1, 0.15) is 15.9 Å². The van der Waals surface area contributed by atoms with Crippen LogP contribution in [0, 0.1) is 0 Å². The van der Waals surface area contributed by atoms with Crippen LogP contribution in [0.4, 0.5) is 0 Å². The van der Waals surface area contributed by atoms with E-state index >= 15 is 4.79 Å². The average Bonchev–Trinajstić information content (AvgIpc) is 3.36. The summed E-state index contributed by atoms with van der Waals surface area (Å²) in [5, 5.41) is 7.39. The van der Waals surface area contributed by atoms with E-state index in [0.29, 0.717) is 34.5 Å². The maximum Gasteiger partial charge on any atom is 0.530 e. The molecule has 10 aromatic rings. The molecule has 0 bridgehead atoms. The lowest BCUT2D eigenvalue weighted by molar-refractivity contribution is 0.103. The van der Waals surface area contributed by atoms with E-state index in [-0.39, 0.29) is 22.6 Å². The van der Waals surface area contributed by atoms with Gasteiger partial charge in [-0.15, -0.1) is 0 Å². The Bertz CT molecular complexity index is 2970. The van der Waals surface area contributed by atoms with Crippen LogP contribution in [0.15, 0.2) is 206 Å². The third kappa shape index (κ3) is 8.96. The van der Waals surface area contributed by atoms with Crippen molar-refractivity contribution in [2.75, 3.05) is 14.2 Å². The zero-order valence-electron chi connectivity index (χ0n) is 35.7. The Morgan fingerprint density at radius 2 is 0.591 bits per heavy atom. The van der Waals surface area contributed by atoms with Gasteiger partial charge in [-0.05, 0) is 70.1 Å². The third-order valence-corrected chi connectivity index (χ3v) is 13.0. The molecule has 0 aliphatic carbocycles. The van der Waals surface area contributed by atoms with Gasteiger partial charge in [-0.3, -0.25) is 4.79 Å². The minimum atomic E-state index is -2.27. The van der Waals surface area contributed by atoms with Crippen molar-refractivity contribution in [2.24, 2.45) is 0 Å². The van der Waals surface area contributed by atoms with E-state index in [1.165, 1.54) is 0 Å². The second kappa shape index (κ2) is 19.1. The molecule has 0 spiro atoms. The van der Waals surface area contributed by atoms with Crippen molar-refractivity contribution in [2.45, 2.75) is 0 Å². The van der Waals surface area contributed by atoms with Gasteiger partial charge in [0.1, 0.15) is 46.0 Å². The molecule has 0 aliphatic rings. The molecule has 0 aromatic heterocycles. The SMILES string of the molecule is COc1ccc(C(=O)c2ccc(OC)cc2OP(Oc2cccc3ccccc23)Oc2cccc3ccccc23)c(OP(Oc2cccc3ccccc23)Oc2cccc3ccccc23)c1. The van der Waals surface area contributed by atoms with Crippen LogP contribution in [0.2, 0.25) is 0 Å². The minimum absolute atomic E-state index is 0.161. The van der Waals surface area contributed by atoms with Crippen molar-refractivity contribution in [1.29, 1.82) is 0 Å². The molecule has 0 saturated heterocycles. The maximum atomic E-state index is 15.2. The van der Waals surface area contributed by atoms with Gasteiger partial charge in [0.15, 0.2) is 0 Å². The standard InChI is InChI=1S/C55H40O9P2/c1-57-41-31-33-47(53(35-41)63-65(59-49-27-11-19-37-15-3-7-23-43(37)49)60-50-28-12-20-38-16-4-8-24-44(38)50)55(56)48-34-32-42(58-2)36-54(48)64-66(61-51-29-13-21-39-17-5-9-25-45(39)51)62-52-30-14-22-40-18-6-10-26-46(40)52/h3-36H,1-2H3. The summed E-state index contributed by atoms with van der Waals surface area (Å²) >= 11 is 0. The second-order valence-corrected chi connectivity index (χ2v) is 16.9. The molecular formula is C55H40O9P2. The van der Waals surface area contributed by atoms with Crippen molar-refractivity contribution < 1.29 is 41.4 Å². The number of carbonyl (C=O) groups excluding carboxylic acids is 1. The first-order valence-electron chi connectivity index (χ1n) is 21.0. The number of hydrogen-bond acceptors (Lipinski definition) is 9. The molecule has 0 N–H and O–H groups in total. The van der Waals surface area contributed by atoms with Crippen LogP contribution in [-0.2, 0) is 0 Å². The summed E-state index contributed by atoms with van der Waals surface area (Å²) in [5.74, 6) is 2.99. The summed E-state index contributed by atoms with van der Waals surface area (Å²) in [7, 11) is -1.45. The van der Waals surface area contributed by atoms with Crippen LogP contribution in [0.5, 0.6) is 46.0 Å². The predicted octanol–water partition coefficient (Wildman–Crippen LogP) is 15.1. The van der Waals surface area contributed by atoms with Crippen LogP contribution in [0.25, 0.3) is 43.1 Å². The summed E-state index contributed by atoms with van der Waals surface area (Å²) in [6.45, 7) is 0. The lowest BCUT2D eigenvalue weighted by atomic mass is 10.0. The molecule has 10 rings (SSSR count). The molecule has 0 radical (unpaired) electrons. The maximum absolute atomic E-state index is 15.2.